The zero-order valence-corrected chi connectivity index (χ0v) is 14.1. The summed E-state index contributed by atoms with van der Waals surface area (Å²) >= 11 is 0. The second-order valence-electron chi connectivity index (χ2n) is 5.49. The van der Waals surface area contributed by atoms with Gasteiger partial charge < -0.3 is 9.47 Å². The van der Waals surface area contributed by atoms with E-state index in [1.165, 1.54) is 24.3 Å². The Hall–Kier alpha value is -3.93. The smallest absolute Gasteiger partial charge is 0.336 e. The first kappa shape index (κ1) is 17.9. The molecule has 0 saturated carbocycles. The molecule has 0 aliphatic heterocycles. The number of para-hydroxylation sites is 1. The summed E-state index contributed by atoms with van der Waals surface area (Å²) < 4.78 is 10.9. The highest BCUT2D eigenvalue weighted by Crippen LogP contribution is 2.23. The molecule has 6 nitrogen and oxygen atoms in total. The largest absolute Gasteiger partial charge is 0.457 e. The third kappa shape index (κ3) is 5.27. The minimum atomic E-state index is -0.585. The van der Waals surface area contributed by atoms with Crippen LogP contribution in [0, 0.1) is 10.1 Å². The number of benzene rings is 3. The van der Waals surface area contributed by atoms with Crippen molar-refractivity contribution in [2.24, 2.45) is 0 Å². The van der Waals surface area contributed by atoms with Gasteiger partial charge in [-0.2, -0.15) is 0 Å². The van der Waals surface area contributed by atoms with Crippen LogP contribution in [0.15, 0.2) is 84.9 Å². The second kappa shape index (κ2) is 8.44. The highest BCUT2D eigenvalue weighted by atomic mass is 16.6. The summed E-state index contributed by atoms with van der Waals surface area (Å²) in [7, 11) is 0. The Morgan fingerprint density at radius 2 is 1.52 bits per heavy atom. The summed E-state index contributed by atoms with van der Waals surface area (Å²) in [6.07, 6.45) is 2.68. The Morgan fingerprint density at radius 3 is 2.22 bits per heavy atom. The number of nitro groups is 1. The molecule has 0 aromatic heterocycles. The van der Waals surface area contributed by atoms with Gasteiger partial charge in [-0.15, -0.1) is 0 Å². The maximum Gasteiger partial charge on any atom is 0.336 e. The van der Waals surface area contributed by atoms with Gasteiger partial charge >= 0.3 is 5.97 Å². The summed E-state index contributed by atoms with van der Waals surface area (Å²) in [4.78, 5) is 22.2. The molecule has 134 valence electrons. The summed E-state index contributed by atoms with van der Waals surface area (Å²) in [5.74, 6) is 1.11. The van der Waals surface area contributed by atoms with Gasteiger partial charge in [0.05, 0.1) is 4.92 Å². The van der Waals surface area contributed by atoms with Crippen LogP contribution in [0.5, 0.6) is 17.2 Å². The summed E-state index contributed by atoms with van der Waals surface area (Å²) in [6, 6.07) is 21.9. The molecule has 0 heterocycles. The van der Waals surface area contributed by atoms with E-state index in [1.54, 1.807) is 36.4 Å². The average Bonchev–Trinajstić information content (AvgIpc) is 2.69. The van der Waals surface area contributed by atoms with Gasteiger partial charge in [0.25, 0.3) is 5.69 Å². The summed E-state index contributed by atoms with van der Waals surface area (Å²) in [5, 5.41) is 10.8. The van der Waals surface area contributed by atoms with E-state index >= 15 is 0 Å². The van der Waals surface area contributed by atoms with Crippen molar-refractivity contribution in [3.05, 3.63) is 101 Å². The SMILES string of the molecule is O=C(/C=C/c1cccc([N+](=O)[O-])c1)Oc1ccc(Oc2ccccc2)cc1. The summed E-state index contributed by atoms with van der Waals surface area (Å²) in [6.45, 7) is 0. The van der Waals surface area contributed by atoms with Crippen LogP contribution in [0.3, 0.4) is 0 Å². The number of ether oxygens (including phenoxy) is 2. The maximum atomic E-state index is 11.9. The average molecular weight is 361 g/mol. The van der Waals surface area contributed by atoms with Crippen LogP contribution in [0.25, 0.3) is 6.08 Å². The van der Waals surface area contributed by atoms with Crippen LogP contribution < -0.4 is 9.47 Å². The number of carbonyl (C=O) groups excluding carboxylic acids is 1. The zero-order valence-electron chi connectivity index (χ0n) is 14.1. The Kier molecular flexibility index (Phi) is 5.59. The molecule has 3 rings (SSSR count). The standard InChI is InChI=1S/C21H15NO5/c23-21(14-9-16-5-4-6-17(15-16)22(24)25)27-20-12-10-19(11-13-20)26-18-7-2-1-3-8-18/h1-15H/b14-9+. The molecule has 0 spiro atoms. The minimum Gasteiger partial charge on any atom is -0.457 e. The van der Waals surface area contributed by atoms with E-state index in [9.17, 15) is 14.9 Å². The van der Waals surface area contributed by atoms with E-state index < -0.39 is 10.9 Å². The fourth-order valence-corrected chi connectivity index (χ4v) is 2.26. The Balaban J connectivity index is 1.59. The van der Waals surface area contributed by atoms with Crippen LogP contribution in [-0.4, -0.2) is 10.9 Å². The predicted molar refractivity (Wildman–Crippen MR) is 101 cm³/mol. The molecule has 6 heteroatoms. The molecular weight excluding hydrogens is 346 g/mol. The van der Waals surface area contributed by atoms with Crippen LogP contribution in [-0.2, 0) is 4.79 Å². The lowest BCUT2D eigenvalue weighted by Gasteiger charge is -2.06. The van der Waals surface area contributed by atoms with Crippen LogP contribution >= 0.6 is 0 Å². The van der Waals surface area contributed by atoms with Gasteiger partial charge in [-0.1, -0.05) is 30.3 Å². The summed E-state index contributed by atoms with van der Waals surface area (Å²) in [5.41, 5.74) is 0.493. The number of hydrogen-bond acceptors (Lipinski definition) is 5. The molecule has 3 aromatic rings. The highest BCUT2D eigenvalue weighted by Gasteiger charge is 2.05. The lowest BCUT2D eigenvalue weighted by Crippen LogP contribution is -2.03. The first-order valence-electron chi connectivity index (χ1n) is 8.07. The fourth-order valence-electron chi connectivity index (χ4n) is 2.26. The topological polar surface area (TPSA) is 78.7 Å². The Labute approximate surface area is 155 Å². The monoisotopic (exact) mass is 361 g/mol. The van der Waals surface area contributed by atoms with Crippen molar-refractivity contribution in [3.8, 4) is 17.2 Å². The molecule has 0 amide bonds. The zero-order chi connectivity index (χ0) is 19.1. The molecule has 0 atom stereocenters. The van der Waals surface area contributed by atoms with Gasteiger partial charge in [-0.25, -0.2) is 4.79 Å². The van der Waals surface area contributed by atoms with Gasteiger partial charge in [-0.05, 0) is 48.0 Å². The van der Waals surface area contributed by atoms with E-state index in [4.69, 9.17) is 9.47 Å². The van der Waals surface area contributed by atoms with Gasteiger partial charge in [0.1, 0.15) is 17.2 Å². The number of rotatable bonds is 6. The van der Waals surface area contributed by atoms with Crippen LogP contribution in [0.1, 0.15) is 5.56 Å². The molecule has 3 aromatic carbocycles. The highest BCUT2D eigenvalue weighted by molar-refractivity contribution is 5.88. The van der Waals surface area contributed by atoms with E-state index in [-0.39, 0.29) is 5.69 Å². The van der Waals surface area contributed by atoms with E-state index in [2.05, 4.69) is 0 Å². The number of carbonyl (C=O) groups is 1. The molecular formula is C21H15NO5. The molecule has 0 saturated heterocycles. The van der Waals surface area contributed by atoms with Crippen molar-refractivity contribution in [1.29, 1.82) is 0 Å². The normalized spacial score (nSPS) is 10.5. The van der Waals surface area contributed by atoms with E-state index in [0.29, 0.717) is 22.8 Å². The van der Waals surface area contributed by atoms with Crippen molar-refractivity contribution >= 4 is 17.7 Å². The molecule has 0 N–H and O–H groups in total. The molecule has 0 bridgehead atoms. The number of nitro benzene ring substituents is 1. The lowest BCUT2D eigenvalue weighted by molar-refractivity contribution is -0.384. The first-order chi connectivity index (χ1) is 13.1. The second-order valence-corrected chi connectivity index (χ2v) is 5.49. The fraction of sp³-hybridized carbons (Fsp3) is 0. The van der Waals surface area contributed by atoms with Crippen LogP contribution in [0.2, 0.25) is 0 Å². The third-order valence-corrected chi connectivity index (χ3v) is 3.51. The quantitative estimate of drug-likeness (QED) is 0.203. The lowest BCUT2D eigenvalue weighted by atomic mass is 10.2. The van der Waals surface area contributed by atoms with Crippen LogP contribution in [0.4, 0.5) is 5.69 Å². The van der Waals surface area contributed by atoms with Gasteiger partial charge in [0, 0.05) is 18.2 Å². The Bertz CT molecular complexity index is 965. The number of nitrogens with zero attached hydrogens (tertiary/aromatic N) is 1. The minimum absolute atomic E-state index is 0.0421. The van der Waals surface area contributed by atoms with Crippen molar-refractivity contribution < 1.29 is 19.2 Å². The predicted octanol–water partition coefficient (Wildman–Crippen LogP) is 5.01. The number of hydrogen-bond donors (Lipinski definition) is 0. The van der Waals surface area contributed by atoms with Gasteiger partial charge in [0.2, 0.25) is 0 Å². The van der Waals surface area contributed by atoms with Crippen molar-refractivity contribution in [2.45, 2.75) is 0 Å². The van der Waals surface area contributed by atoms with Gasteiger partial charge in [0.15, 0.2) is 0 Å². The molecule has 27 heavy (non-hydrogen) atoms. The van der Waals surface area contributed by atoms with Crippen molar-refractivity contribution in [2.75, 3.05) is 0 Å². The molecule has 0 unspecified atom stereocenters. The van der Waals surface area contributed by atoms with Crippen molar-refractivity contribution in [3.63, 3.8) is 0 Å². The molecule has 0 radical (unpaired) electrons. The van der Waals surface area contributed by atoms with Gasteiger partial charge in [-0.3, -0.25) is 10.1 Å². The van der Waals surface area contributed by atoms with E-state index in [1.807, 2.05) is 30.3 Å². The molecule has 0 aliphatic rings. The first-order valence-corrected chi connectivity index (χ1v) is 8.07. The van der Waals surface area contributed by atoms with E-state index in [0.717, 1.165) is 0 Å². The maximum absolute atomic E-state index is 11.9. The third-order valence-electron chi connectivity index (χ3n) is 3.51. The number of esters is 1. The molecule has 0 fully saturated rings. The number of non-ortho nitro benzene ring substituents is 1. The molecule has 0 aliphatic carbocycles. The Morgan fingerprint density at radius 1 is 0.852 bits per heavy atom. The van der Waals surface area contributed by atoms with Crippen molar-refractivity contribution in [1.82, 2.24) is 0 Å².